The number of hydrogen-bond donors (Lipinski definition) is 2. The molecule has 38 heavy (non-hydrogen) atoms. The molecule has 0 aliphatic heterocycles. The minimum Gasteiger partial charge on any atom is -0.352 e. The van der Waals surface area contributed by atoms with Crippen LogP contribution in [0.25, 0.3) is 17.0 Å². The van der Waals surface area contributed by atoms with Gasteiger partial charge in [-0.2, -0.15) is 5.10 Å². The molecule has 0 saturated heterocycles. The zero-order chi connectivity index (χ0) is 27.4. The van der Waals surface area contributed by atoms with Crippen LogP contribution in [0.4, 0.5) is 0 Å². The monoisotopic (exact) mass is 541 g/mol. The second-order valence-corrected chi connectivity index (χ2v) is 12.0. The SMILES string of the molecule is CCCCCCCCCCCCCCCC(=O)NCc1ccccc1-c1nn2nc(C(C)(C)C)c(Cl)c2[nH]1. The summed E-state index contributed by atoms with van der Waals surface area (Å²) in [5.41, 5.74) is 3.29. The number of aromatic amines is 1. The van der Waals surface area contributed by atoms with E-state index in [2.05, 4.69) is 48.2 Å². The van der Waals surface area contributed by atoms with Crippen molar-refractivity contribution in [1.29, 1.82) is 0 Å². The Balaban J connectivity index is 1.36. The number of unbranched alkanes of at least 4 members (excludes halogenated alkanes) is 12. The second-order valence-electron chi connectivity index (χ2n) is 11.7. The Morgan fingerprint density at radius 2 is 1.47 bits per heavy atom. The molecule has 0 saturated carbocycles. The molecule has 0 atom stereocenters. The smallest absolute Gasteiger partial charge is 0.220 e. The van der Waals surface area contributed by atoms with Gasteiger partial charge in [-0.25, -0.2) is 0 Å². The van der Waals surface area contributed by atoms with E-state index in [1.807, 2.05) is 24.3 Å². The number of aromatic nitrogens is 4. The van der Waals surface area contributed by atoms with Crippen molar-refractivity contribution in [3.63, 3.8) is 0 Å². The molecule has 0 spiro atoms. The molecule has 0 radical (unpaired) electrons. The van der Waals surface area contributed by atoms with Gasteiger partial charge in [-0.15, -0.1) is 9.73 Å². The van der Waals surface area contributed by atoms with Crippen molar-refractivity contribution in [2.75, 3.05) is 0 Å². The van der Waals surface area contributed by atoms with Gasteiger partial charge in [0.15, 0.2) is 11.5 Å². The maximum Gasteiger partial charge on any atom is 0.220 e. The van der Waals surface area contributed by atoms with Gasteiger partial charge in [-0.1, -0.05) is 141 Å². The summed E-state index contributed by atoms with van der Waals surface area (Å²) in [6, 6.07) is 7.98. The molecule has 0 unspecified atom stereocenters. The van der Waals surface area contributed by atoms with Gasteiger partial charge in [-0.05, 0) is 12.0 Å². The summed E-state index contributed by atoms with van der Waals surface area (Å²) in [5.74, 6) is 0.797. The van der Waals surface area contributed by atoms with Gasteiger partial charge in [0, 0.05) is 23.9 Å². The highest BCUT2D eigenvalue weighted by atomic mass is 35.5. The zero-order valence-corrected chi connectivity index (χ0v) is 24.8. The summed E-state index contributed by atoms with van der Waals surface area (Å²) >= 11 is 6.60. The van der Waals surface area contributed by atoms with Gasteiger partial charge in [0.2, 0.25) is 5.91 Å². The van der Waals surface area contributed by atoms with Crippen molar-refractivity contribution in [3.05, 3.63) is 40.5 Å². The topological polar surface area (TPSA) is 75.1 Å². The third kappa shape index (κ3) is 9.14. The Morgan fingerprint density at radius 1 is 0.895 bits per heavy atom. The van der Waals surface area contributed by atoms with Crippen molar-refractivity contribution < 1.29 is 4.79 Å². The molecule has 0 aliphatic carbocycles. The summed E-state index contributed by atoms with van der Waals surface area (Å²) in [7, 11) is 0. The standard InChI is InChI=1S/C31H48ClN5O/c1-5-6-7-8-9-10-11-12-13-14-15-16-17-22-26(38)33-23-24-20-18-19-21-25(24)29-34-30-27(32)28(31(2,3)4)35-37(30)36-29/h18-21H,5-17,22-23H2,1-4H3,(H,33,38)(H,34,36). The van der Waals surface area contributed by atoms with Crippen LogP contribution < -0.4 is 5.32 Å². The molecule has 1 aromatic carbocycles. The van der Waals surface area contributed by atoms with Crippen LogP contribution in [0.1, 0.15) is 129 Å². The summed E-state index contributed by atoms with van der Waals surface area (Å²) < 4.78 is 1.57. The number of H-pyrrole nitrogens is 1. The largest absolute Gasteiger partial charge is 0.352 e. The number of nitrogens with zero attached hydrogens (tertiary/aromatic N) is 3. The number of fused-ring (bicyclic) bond motifs is 1. The minimum atomic E-state index is -0.165. The molecule has 1 amide bonds. The van der Waals surface area contributed by atoms with E-state index >= 15 is 0 Å². The van der Waals surface area contributed by atoms with Gasteiger partial charge in [-0.3, -0.25) is 4.79 Å². The number of carbonyl (C=O) groups is 1. The molecule has 0 bridgehead atoms. The van der Waals surface area contributed by atoms with Crippen LogP contribution in [-0.2, 0) is 16.8 Å². The Hall–Kier alpha value is -2.34. The minimum absolute atomic E-state index is 0.106. The first-order valence-electron chi connectivity index (χ1n) is 14.8. The summed E-state index contributed by atoms with van der Waals surface area (Å²) in [6.45, 7) is 8.98. The summed E-state index contributed by atoms with van der Waals surface area (Å²) in [4.78, 5) is 15.8. The lowest BCUT2D eigenvalue weighted by Crippen LogP contribution is -2.22. The fraction of sp³-hybridized carbons (Fsp3) is 0.645. The van der Waals surface area contributed by atoms with Gasteiger partial charge in [0.05, 0.1) is 5.69 Å². The van der Waals surface area contributed by atoms with Gasteiger partial charge in [0.1, 0.15) is 5.02 Å². The molecule has 0 fully saturated rings. The summed E-state index contributed by atoms with van der Waals surface area (Å²) in [6.07, 6.45) is 17.6. The van der Waals surface area contributed by atoms with Crippen LogP contribution in [0.2, 0.25) is 5.02 Å². The first-order chi connectivity index (χ1) is 18.3. The van der Waals surface area contributed by atoms with E-state index in [0.717, 1.165) is 29.7 Å². The molecule has 3 rings (SSSR count). The number of benzene rings is 1. The van der Waals surface area contributed by atoms with E-state index in [0.29, 0.717) is 29.5 Å². The molecule has 7 heteroatoms. The molecular formula is C31H48ClN5O. The molecular weight excluding hydrogens is 494 g/mol. The van der Waals surface area contributed by atoms with Crippen molar-refractivity contribution in [2.24, 2.45) is 0 Å². The highest BCUT2D eigenvalue weighted by molar-refractivity contribution is 6.34. The third-order valence-electron chi connectivity index (χ3n) is 7.21. The molecule has 3 aromatic rings. The Bertz CT molecular complexity index is 1130. The van der Waals surface area contributed by atoms with E-state index in [4.69, 9.17) is 11.6 Å². The lowest BCUT2D eigenvalue weighted by molar-refractivity contribution is -0.121. The first-order valence-corrected chi connectivity index (χ1v) is 15.2. The van der Waals surface area contributed by atoms with Crippen LogP contribution in [-0.4, -0.2) is 25.7 Å². The van der Waals surface area contributed by atoms with Crippen LogP contribution in [0.5, 0.6) is 0 Å². The fourth-order valence-electron chi connectivity index (χ4n) is 4.89. The first kappa shape index (κ1) is 30.2. The Labute approximate surface area is 234 Å². The molecule has 2 N–H and O–H groups in total. The van der Waals surface area contributed by atoms with E-state index < -0.39 is 0 Å². The predicted octanol–water partition coefficient (Wildman–Crippen LogP) is 8.77. The van der Waals surface area contributed by atoms with Crippen LogP contribution in [0.3, 0.4) is 0 Å². The highest BCUT2D eigenvalue weighted by Gasteiger charge is 2.25. The Kier molecular flexibility index (Phi) is 12.2. The van der Waals surface area contributed by atoms with E-state index in [-0.39, 0.29) is 11.3 Å². The van der Waals surface area contributed by atoms with Crippen molar-refractivity contribution in [3.8, 4) is 11.4 Å². The highest BCUT2D eigenvalue weighted by Crippen LogP contribution is 2.32. The van der Waals surface area contributed by atoms with Crippen LogP contribution >= 0.6 is 11.6 Å². The lowest BCUT2D eigenvalue weighted by Gasteiger charge is -2.14. The van der Waals surface area contributed by atoms with Crippen molar-refractivity contribution in [1.82, 2.24) is 25.1 Å². The van der Waals surface area contributed by atoms with E-state index in [1.165, 1.54) is 70.6 Å². The van der Waals surface area contributed by atoms with Crippen molar-refractivity contribution in [2.45, 2.75) is 130 Å². The van der Waals surface area contributed by atoms with E-state index in [1.54, 1.807) is 4.63 Å². The average molecular weight is 542 g/mol. The van der Waals surface area contributed by atoms with Gasteiger partial charge in [0.25, 0.3) is 0 Å². The molecule has 6 nitrogen and oxygen atoms in total. The van der Waals surface area contributed by atoms with Gasteiger partial charge < -0.3 is 10.3 Å². The van der Waals surface area contributed by atoms with Crippen LogP contribution in [0.15, 0.2) is 24.3 Å². The average Bonchev–Trinajstić information content (AvgIpc) is 3.45. The zero-order valence-electron chi connectivity index (χ0n) is 24.0. The van der Waals surface area contributed by atoms with Gasteiger partial charge >= 0.3 is 0 Å². The number of nitrogens with one attached hydrogen (secondary N) is 2. The maximum absolute atomic E-state index is 12.5. The summed E-state index contributed by atoms with van der Waals surface area (Å²) in [5, 5.41) is 12.9. The predicted molar refractivity (Wildman–Crippen MR) is 159 cm³/mol. The Morgan fingerprint density at radius 3 is 2.05 bits per heavy atom. The number of halogens is 1. The van der Waals surface area contributed by atoms with Crippen LogP contribution in [0, 0.1) is 0 Å². The molecule has 210 valence electrons. The fourth-order valence-corrected chi connectivity index (χ4v) is 5.33. The lowest BCUT2D eigenvalue weighted by atomic mass is 9.92. The quantitative estimate of drug-likeness (QED) is 0.168. The number of rotatable bonds is 17. The molecule has 2 aromatic heterocycles. The third-order valence-corrected chi connectivity index (χ3v) is 7.57. The maximum atomic E-state index is 12.5. The molecule has 2 heterocycles. The number of hydrogen-bond acceptors (Lipinski definition) is 3. The number of carbonyl (C=O) groups excluding carboxylic acids is 1. The van der Waals surface area contributed by atoms with Crippen molar-refractivity contribution >= 4 is 23.2 Å². The number of amides is 1. The second kappa shape index (κ2) is 15.3. The molecule has 0 aliphatic rings. The van der Waals surface area contributed by atoms with E-state index in [9.17, 15) is 4.79 Å². The normalized spacial score (nSPS) is 11.9.